The van der Waals surface area contributed by atoms with Crippen LogP contribution < -0.4 is 0 Å². The summed E-state index contributed by atoms with van der Waals surface area (Å²) in [6.45, 7) is 1.69. The number of ether oxygens (including phenoxy) is 2. The molecule has 0 amide bonds. The summed E-state index contributed by atoms with van der Waals surface area (Å²) in [5, 5.41) is 19.8. The van der Waals surface area contributed by atoms with Crippen LogP contribution in [0.2, 0.25) is 0 Å². The van der Waals surface area contributed by atoms with Gasteiger partial charge in [-0.2, -0.15) is 0 Å². The smallest absolute Gasteiger partial charge is 0.337 e. The van der Waals surface area contributed by atoms with Crippen LogP contribution in [0.4, 0.5) is 0 Å². The van der Waals surface area contributed by atoms with Crippen LogP contribution in [0.25, 0.3) is 0 Å². The monoisotopic (exact) mass is 282 g/mol. The molecule has 1 aromatic rings. The number of hydrogen-bond acceptors (Lipinski definition) is 6. The maximum absolute atomic E-state index is 11.4. The largest absolute Gasteiger partial charge is 0.469 e. The molecule has 2 N–H and O–H groups in total. The summed E-state index contributed by atoms with van der Waals surface area (Å²) in [5.74, 6) is -1.09. The minimum absolute atomic E-state index is 0.310. The molecule has 0 saturated carbocycles. The van der Waals surface area contributed by atoms with Gasteiger partial charge in [0.2, 0.25) is 0 Å². The number of carbonyl (C=O) groups excluding carboxylic acids is 2. The van der Waals surface area contributed by atoms with E-state index < -0.39 is 24.1 Å². The second-order valence-electron chi connectivity index (χ2n) is 4.36. The van der Waals surface area contributed by atoms with Gasteiger partial charge in [-0.25, -0.2) is 4.79 Å². The van der Waals surface area contributed by atoms with Crippen LogP contribution in [-0.4, -0.2) is 42.5 Å². The molecule has 20 heavy (non-hydrogen) atoms. The van der Waals surface area contributed by atoms with E-state index in [-0.39, 0.29) is 6.42 Å². The van der Waals surface area contributed by atoms with Crippen molar-refractivity contribution in [1.29, 1.82) is 0 Å². The molecule has 1 rings (SSSR count). The van der Waals surface area contributed by atoms with E-state index >= 15 is 0 Å². The minimum atomic E-state index is -1.27. The Morgan fingerprint density at radius 3 is 2.35 bits per heavy atom. The highest BCUT2D eigenvalue weighted by atomic mass is 16.5. The molecule has 0 fully saturated rings. The summed E-state index contributed by atoms with van der Waals surface area (Å²) in [6, 6.07) is 4.56. The van der Waals surface area contributed by atoms with Crippen molar-refractivity contribution < 1.29 is 29.3 Å². The minimum Gasteiger partial charge on any atom is -0.469 e. The molecule has 0 heterocycles. The third kappa shape index (κ3) is 3.79. The zero-order valence-corrected chi connectivity index (χ0v) is 11.6. The van der Waals surface area contributed by atoms with Gasteiger partial charge in [-0.1, -0.05) is 6.07 Å². The van der Waals surface area contributed by atoms with Crippen LogP contribution in [0.3, 0.4) is 0 Å². The molecule has 6 nitrogen and oxygen atoms in total. The van der Waals surface area contributed by atoms with E-state index in [2.05, 4.69) is 9.47 Å². The van der Waals surface area contributed by atoms with E-state index in [0.717, 1.165) is 0 Å². The molecule has 0 aliphatic rings. The summed E-state index contributed by atoms with van der Waals surface area (Å²) in [6.07, 6.45) is -2.82. The predicted octanol–water partition coefficient (Wildman–Crippen LogP) is 0.739. The molecule has 0 bridgehead atoms. The second-order valence-corrected chi connectivity index (χ2v) is 4.36. The molecule has 0 aromatic heterocycles. The van der Waals surface area contributed by atoms with E-state index in [1.54, 1.807) is 13.0 Å². The zero-order chi connectivity index (χ0) is 15.3. The summed E-state index contributed by atoms with van der Waals surface area (Å²) in [4.78, 5) is 22.4. The summed E-state index contributed by atoms with van der Waals surface area (Å²) in [5.41, 5.74) is 1.40. The molecule has 0 spiro atoms. The van der Waals surface area contributed by atoms with Gasteiger partial charge in [-0.15, -0.1) is 0 Å². The van der Waals surface area contributed by atoms with Gasteiger partial charge in [0.1, 0.15) is 6.10 Å². The van der Waals surface area contributed by atoms with Gasteiger partial charge in [-0.05, 0) is 30.2 Å². The Morgan fingerprint density at radius 2 is 1.85 bits per heavy atom. The first-order chi connectivity index (χ1) is 9.40. The van der Waals surface area contributed by atoms with Gasteiger partial charge in [0.15, 0.2) is 0 Å². The molecule has 0 radical (unpaired) electrons. The van der Waals surface area contributed by atoms with E-state index in [1.807, 2.05) is 0 Å². The molecule has 0 saturated heterocycles. The fraction of sp³-hybridized carbons (Fsp3) is 0.429. The van der Waals surface area contributed by atoms with Crippen molar-refractivity contribution in [2.24, 2.45) is 0 Å². The molecular weight excluding hydrogens is 264 g/mol. The number of hydrogen-bond donors (Lipinski definition) is 2. The van der Waals surface area contributed by atoms with Gasteiger partial charge in [-0.3, -0.25) is 4.79 Å². The lowest BCUT2D eigenvalue weighted by molar-refractivity contribution is -0.144. The number of rotatable bonds is 5. The van der Waals surface area contributed by atoms with E-state index in [9.17, 15) is 19.8 Å². The van der Waals surface area contributed by atoms with Crippen molar-refractivity contribution in [3.05, 3.63) is 34.9 Å². The van der Waals surface area contributed by atoms with Crippen molar-refractivity contribution >= 4 is 11.9 Å². The predicted molar refractivity (Wildman–Crippen MR) is 70.1 cm³/mol. The zero-order valence-electron chi connectivity index (χ0n) is 11.6. The van der Waals surface area contributed by atoms with Crippen LogP contribution in [0.5, 0.6) is 0 Å². The first kappa shape index (κ1) is 16.1. The number of aryl methyl sites for hydroxylation is 1. The SMILES string of the molecule is COC(=O)CC(O)C(O)c1ccc(C(=O)OC)cc1C. The topological polar surface area (TPSA) is 93.1 Å². The third-order valence-electron chi connectivity index (χ3n) is 2.98. The highest BCUT2D eigenvalue weighted by molar-refractivity contribution is 5.89. The van der Waals surface area contributed by atoms with Crippen molar-refractivity contribution in [3.8, 4) is 0 Å². The molecule has 2 atom stereocenters. The van der Waals surface area contributed by atoms with E-state index in [1.165, 1.54) is 26.4 Å². The second kappa shape index (κ2) is 7.02. The Bertz CT molecular complexity index is 496. The van der Waals surface area contributed by atoms with Crippen LogP contribution in [-0.2, 0) is 14.3 Å². The average Bonchev–Trinajstić information content (AvgIpc) is 2.45. The van der Waals surface area contributed by atoms with Crippen LogP contribution in [0, 0.1) is 6.92 Å². The Kier molecular flexibility index (Phi) is 5.66. The summed E-state index contributed by atoms with van der Waals surface area (Å²) >= 11 is 0. The fourth-order valence-electron chi connectivity index (χ4n) is 1.83. The molecule has 110 valence electrons. The Labute approximate surface area is 116 Å². The number of benzene rings is 1. The number of esters is 2. The van der Waals surface area contributed by atoms with Gasteiger partial charge in [0, 0.05) is 0 Å². The number of aliphatic hydroxyl groups excluding tert-OH is 2. The van der Waals surface area contributed by atoms with Gasteiger partial charge >= 0.3 is 11.9 Å². The van der Waals surface area contributed by atoms with Crippen LogP contribution >= 0.6 is 0 Å². The maximum atomic E-state index is 11.4. The average molecular weight is 282 g/mol. The fourth-order valence-corrected chi connectivity index (χ4v) is 1.83. The lowest BCUT2D eigenvalue weighted by Gasteiger charge is -2.19. The molecule has 0 aliphatic carbocycles. The Balaban J connectivity index is 2.91. The molecular formula is C14H18O6. The third-order valence-corrected chi connectivity index (χ3v) is 2.98. The molecule has 1 aromatic carbocycles. The standard InChI is InChI=1S/C14H18O6/c1-8-6-9(14(18)20-3)4-5-10(8)13(17)11(15)7-12(16)19-2/h4-6,11,13,15,17H,7H2,1-3H3. The van der Waals surface area contributed by atoms with Crippen LogP contribution in [0.15, 0.2) is 18.2 Å². The highest BCUT2D eigenvalue weighted by Gasteiger charge is 2.23. The van der Waals surface area contributed by atoms with Crippen LogP contribution in [0.1, 0.15) is 34.0 Å². The lowest BCUT2D eigenvalue weighted by atomic mass is 9.96. The summed E-state index contributed by atoms with van der Waals surface area (Å²) in [7, 11) is 2.48. The molecule has 6 heteroatoms. The van der Waals surface area contributed by atoms with Gasteiger partial charge < -0.3 is 19.7 Å². The first-order valence-electron chi connectivity index (χ1n) is 6.02. The number of methoxy groups -OCH3 is 2. The number of aliphatic hydroxyl groups is 2. The van der Waals surface area contributed by atoms with Crippen molar-refractivity contribution in [2.45, 2.75) is 25.6 Å². The van der Waals surface area contributed by atoms with Gasteiger partial charge in [0.25, 0.3) is 0 Å². The summed E-state index contributed by atoms with van der Waals surface area (Å²) < 4.78 is 9.03. The van der Waals surface area contributed by atoms with E-state index in [4.69, 9.17) is 0 Å². The maximum Gasteiger partial charge on any atom is 0.337 e. The normalized spacial score (nSPS) is 13.4. The lowest BCUT2D eigenvalue weighted by Crippen LogP contribution is -2.23. The molecule has 2 unspecified atom stereocenters. The van der Waals surface area contributed by atoms with Gasteiger partial charge in [0.05, 0.1) is 32.3 Å². The highest BCUT2D eigenvalue weighted by Crippen LogP contribution is 2.24. The molecule has 0 aliphatic heterocycles. The number of carbonyl (C=O) groups is 2. The Morgan fingerprint density at radius 1 is 1.20 bits per heavy atom. The quantitative estimate of drug-likeness (QED) is 0.774. The van der Waals surface area contributed by atoms with E-state index in [0.29, 0.717) is 16.7 Å². The van der Waals surface area contributed by atoms with Crippen molar-refractivity contribution in [1.82, 2.24) is 0 Å². The first-order valence-corrected chi connectivity index (χ1v) is 6.02. The van der Waals surface area contributed by atoms with Crippen molar-refractivity contribution in [3.63, 3.8) is 0 Å². The Hall–Kier alpha value is -1.92. The van der Waals surface area contributed by atoms with Crippen molar-refractivity contribution in [2.75, 3.05) is 14.2 Å².